The molecule has 0 radical (unpaired) electrons. The number of hydrogen-bond donors (Lipinski definition) is 2. The fourth-order valence-electron chi connectivity index (χ4n) is 1.18. The van der Waals surface area contributed by atoms with Gasteiger partial charge in [0.15, 0.2) is 5.88 Å². The Hall–Kier alpha value is -1.97. The highest BCUT2D eigenvalue weighted by atomic mass is 16.5. The van der Waals surface area contributed by atoms with Crippen LogP contribution in [0.5, 0.6) is 0 Å². The third-order valence-corrected chi connectivity index (χ3v) is 1.95. The number of ether oxygens (including phenoxy) is 1. The van der Waals surface area contributed by atoms with Crippen molar-refractivity contribution in [1.29, 1.82) is 0 Å². The normalized spacial score (nSPS) is 13.5. The van der Waals surface area contributed by atoms with Gasteiger partial charge < -0.3 is 15.6 Å². The molecule has 0 unspecified atom stereocenters. The molecule has 0 aliphatic rings. The van der Waals surface area contributed by atoms with Crippen molar-refractivity contribution in [3.8, 4) is 0 Å². The minimum Gasteiger partial charge on any atom is -0.495 e. The second kappa shape index (κ2) is 5.05. The lowest BCUT2D eigenvalue weighted by molar-refractivity contribution is -0.139. The Kier molecular flexibility index (Phi) is 3.74. The van der Waals surface area contributed by atoms with Gasteiger partial charge >= 0.3 is 5.97 Å². The van der Waals surface area contributed by atoms with Crippen LogP contribution in [0.1, 0.15) is 6.42 Å². The molecule has 80 valence electrons. The van der Waals surface area contributed by atoms with Gasteiger partial charge in [-0.05, 0) is 11.3 Å². The summed E-state index contributed by atoms with van der Waals surface area (Å²) >= 11 is 0. The molecule has 0 aromatic heterocycles. The first-order valence-electron chi connectivity index (χ1n) is 4.46. The van der Waals surface area contributed by atoms with E-state index in [1.807, 2.05) is 0 Å². The lowest BCUT2D eigenvalue weighted by Crippen LogP contribution is -2.29. The number of aliphatic hydroxyl groups excluding tert-OH is 1. The van der Waals surface area contributed by atoms with E-state index in [0.717, 1.165) is 0 Å². The summed E-state index contributed by atoms with van der Waals surface area (Å²) in [5, 5.41) is 10.4. The molecular formula is C11H13NO3. The second-order valence-electron chi connectivity index (χ2n) is 2.96. The average molecular weight is 207 g/mol. The molecule has 4 heteroatoms. The van der Waals surface area contributed by atoms with Crippen molar-refractivity contribution in [2.75, 3.05) is 7.11 Å². The Morgan fingerprint density at radius 2 is 2.20 bits per heavy atom. The SMILES string of the molecule is COC(=O)C/C=c1/cccc/c1=C(/N)O. The summed E-state index contributed by atoms with van der Waals surface area (Å²) in [5.41, 5.74) is 5.29. The third kappa shape index (κ3) is 3.02. The van der Waals surface area contributed by atoms with Crippen LogP contribution in [0.2, 0.25) is 0 Å². The Bertz CT molecular complexity index is 461. The van der Waals surface area contributed by atoms with Crippen molar-refractivity contribution in [2.45, 2.75) is 6.42 Å². The topological polar surface area (TPSA) is 72.5 Å². The van der Waals surface area contributed by atoms with E-state index in [-0.39, 0.29) is 18.3 Å². The zero-order valence-electron chi connectivity index (χ0n) is 8.43. The summed E-state index contributed by atoms with van der Waals surface area (Å²) < 4.78 is 4.50. The van der Waals surface area contributed by atoms with Gasteiger partial charge in [-0.3, -0.25) is 4.79 Å². The van der Waals surface area contributed by atoms with Gasteiger partial charge in [0.1, 0.15) is 0 Å². The maximum absolute atomic E-state index is 10.9. The van der Waals surface area contributed by atoms with Gasteiger partial charge in [-0.1, -0.05) is 24.3 Å². The first kappa shape index (κ1) is 11.1. The molecular weight excluding hydrogens is 194 g/mol. The molecule has 0 aliphatic carbocycles. The van der Waals surface area contributed by atoms with E-state index in [1.54, 1.807) is 30.3 Å². The minimum atomic E-state index is -0.332. The Morgan fingerprint density at radius 1 is 1.53 bits per heavy atom. The summed E-state index contributed by atoms with van der Waals surface area (Å²) in [6.45, 7) is 0. The maximum Gasteiger partial charge on any atom is 0.309 e. The van der Waals surface area contributed by atoms with Crippen LogP contribution in [-0.4, -0.2) is 18.2 Å². The van der Waals surface area contributed by atoms with Crippen LogP contribution in [0, 0.1) is 0 Å². The fraction of sp³-hybridized carbons (Fsp3) is 0.182. The number of nitrogens with two attached hydrogens (primary N) is 1. The van der Waals surface area contributed by atoms with Gasteiger partial charge in [0.2, 0.25) is 0 Å². The van der Waals surface area contributed by atoms with E-state index in [2.05, 4.69) is 4.74 Å². The number of aliphatic hydroxyl groups is 1. The standard InChI is InChI=1S/C11H13NO3/c1-15-10(13)7-6-8-4-2-3-5-9(8)11(12)14/h2-6,14H,7,12H2,1H3/b8-6-,11-9+. The molecule has 15 heavy (non-hydrogen) atoms. The summed E-state index contributed by atoms with van der Waals surface area (Å²) in [6.07, 6.45) is 1.81. The monoisotopic (exact) mass is 207 g/mol. The van der Waals surface area contributed by atoms with Crippen LogP contribution in [0.3, 0.4) is 0 Å². The molecule has 0 amide bonds. The Labute approximate surface area is 87.3 Å². The molecule has 0 aliphatic heterocycles. The highest BCUT2D eigenvalue weighted by molar-refractivity contribution is 5.75. The minimum absolute atomic E-state index is 0.154. The molecule has 0 spiro atoms. The molecule has 0 atom stereocenters. The summed E-state index contributed by atoms with van der Waals surface area (Å²) in [6, 6.07) is 7.00. The van der Waals surface area contributed by atoms with Crippen molar-refractivity contribution < 1.29 is 14.6 Å². The van der Waals surface area contributed by atoms with Crippen LogP contribution in [0.15, 0.2) is 24.3 Å². The van der Waals surface area contributed by atoms with Gasteiger partial charge in [0, 0.05) is 5.22 Å². The zero-order valence-corrected chi connectivity index (χ0v) is 8.43. The predicted molar refractivity (Wildman–Crippen MR) is 57.0 cm³/mol. The lowest BCUT2D eigenvalue weighted by atomic mass is 10.2. The van der Waals surface area contributed by atoms with Gasteiger partial charge in [-0.25, -0.2) is 0 Å². The lowest BCUT2D eigenvalue weighted by Gasteiger charge is -1.94. The molecule has 0 fully saturated rings. The molecule has 1 aromatic carbocycles. The van der Waals surface area contributed by atoms with E-state index < -0.39 is 0 Å². The van der Waals surface area contributed by atoms with Crippen molar-refractivity contribution in [3.63, 3.8) is 0 Å². The molecule has 3 N–H and O–H groups in total. The third-order valence-electron chi connectivity index (χ3n) is 1.95. The molecule has 1 aromatic rings. The summed E-state index contributed by atoms with van der Waals surface area (Å²) in [5.74, 6) is -0.590. The highest BCUT2D eigenvalue weighted by Crippen LogP contribution is 1.84. The van der Waals surface area contributed by atoms with Crippen LogP contribution in [0.4, 0.5) is 0 Å². The first-order valence-corrected chi connectivity index (χ1v) is 4.46. The van der Waals surface area contributed by atoms with Crippen molar-refractivity contribution in [2.24, 2.45) is 5.73 Å². The van der Waals surface area contributed by atoms with Gasteiger partial charge in [-0.2, -0.15) is 0 Å². The van der Waals surface area contributed by atoms with Gasteiger partial charge in [0.25, 0.3) is 0 Å². The Morgan fingerprint density at radius 3 is 2.80 bits per heavy atom. The number of benzene rings is 1. The molecule has 4 nitrogen and oxygen atoms in total. The van der Waals surface area contributed by atoms with E-state index in [1.165, 1.54) is 7.11 Å². The molecule has 0 heterocycles. The first-order chi connectivity index (χ1) is 7.15. The van der Waals surface area contributed by atoms with Crippen LogP contribution < -0.4 is 16.2 Å². The largest absolute Gasteiger partial charge is 0.495 e. The van der Waals surface area contributed by atoms with Crippen molar-refractivity contribution in [1.82, 2.24) is 0 Å². The second-order valence-corrected chi connectivity index (χ2v) is 2.96. The van der Waals surface area contributed by atoms with E-state index in [0.29, 0.717) is 10.4 Å². The van der Waals surface area contributed by atoms with Gasteiger partial charge in [0.05, 0.1) is 13.5 Å². The summed E-state index contributed by atoms with van der Waals surface area (Å²) in [4.78, 5) is 10.9. The number of esters is 1. The zero-order chi connectivity index (χ0) is 11.3. The van der Waals surface area contributed by atoms with Crippen LogP contribution in [-0.2, 0) is 9.53 Å². The van der Waals surface area contributed by atoms with E-state index in [4.69, 9.17) is 5.73 Å². The number of carbonyl (C=O) groups is 1. The molecule has 0 saturated carbocycles. The highest BCUT2D eigenvalue weighted by Gasteiger charge is 1.95. The number of methoxy groups -OCH3 is 1. The Balaban J connectivity index is 3.15. The van der Waals surface area contributed by atoms with Gasteiger partial charge in [-0.15, -0.1) is 0 Å². The van der Waals surface area contributed by atoms with E-state index in [9.17, 15) is 9.90 Å². The number of rotatable bonds is 2. The number of carbonyl (C=O) groups excluding carboxylic acids is 1. The summed E-state index contributed by atoms with van der Waals surface area (Å²) in [7, 11) is 1.33. The van der Waals surface area contributed by atoms with Crippen LogP contribution >= 0.6 is 0 Å². The predicted octanol–water partition coefficient (Wildman–Crippen LogP) is -0.387. The average Bonchev–Trinajstić information content (AvgIpc) is 2.26. The quantitative estimate of drug-likeness (QED) is 0.648. The van der Waals surface area contributed by atoms with Crippen molar-refractivity contribution in [3.05, 3.63) is 34.7 Å². The number of hydrogen-bond acceptors (Lipinski definition) is 4. The van der Waals surface area contributed by atoms with E-state index >= 15 is 0 Å². The molecule has 0 saturated heterocycles. The smallest absolute Gasteiger partial charge is 0.309 e. The fourth-order valence-corrected chi connectivity index (χ4v) is 1.18. The maximum atomic E-state index is 10.9. The molecule has 0 bridgehead atoms. The molecule has 1 rings (SSSR count). The van der Waals surface area contributed by atoms with Crippen molar-refractivity contribution >= 4 is 17.9 Å². The van der Waals surface area contributed by atoms with Crippen LogP contribution in [0.25, 0.3) is 12.0 Å².